The van der Waals surface area contributed by atoms with E-state index in [1.165, 1.54) is 0 Å². The maximum atomic E-state index is 12.4. The lowest BCUT2D eigenvalue weighted by atomic mass is 10.1. The van der Waals surface area contributed by atoms with Crippen molar-refractivity contribution in [2.45, 2.75) is 6.04 Å². The first-order valence-electron chi connectivity index (χ1n) is 7.42. The number of hydrogen-bond acceptors (Lipinski definition) is 5. The van der Waals surface area contributed by atoms with E-state index in [2.05, 4.69) is 22.2 Å². The van der Waals surface area contributed by atoms with Crippen LogP contribution >= 0.6 is 0 Å². The lowest BCUT2D eigenvalue weighted by molar-refractivity contribution is -0.131. The third-order valence-corrected chi connectivity index (χ3v) is 4.20. The maximum Gasteiger partial charge on any atom is 0.241 e. The molecule has 0 unspecified atom stereocenters. The van der Waals surface area contributed by atoms with Gasteiger partial charge in [0, 0.05) is 37.9 Å². The van der Waals surface area contributed by atoms with E-state index in [0.717, 1.165) is 31.9 Å². The topological polar surface area (TPSA) is 57.7 Å². The summed E-state index contributed by atoms with van der Waals surface area (Å²) >= 11 is 0. The quantitative estimate of drug-likeness (QED) is 0.867. The van der Waals surface area contributed by atoms with E-state index in [0.29, 0.717) is 25.1 Å². The fraction of sp³-hybridized carbons (Fsp3) is 0.600. The molecule has 3 rings (SSSR count). The van der Waals surface area contributed by atoms with E-state index < -0.39 is 0 Å². The fourth-order valence-electron chi connectivity index (χ4n) is 3.01. The van der Waals surface area contributed by atoms with Gasteiger partial charge in [-0.2, -0.15) is 0 Å². The second-order valence-corrected chi connectivity index (χ2v) is 5.89. The number of ether oxygens (including phenoxy) is 1. The molecule has 6 nitrogen and oxygen atoms in total. The normalized spacial score (nSPS) is 26.2. The zero-order valence-corrected chi connectivity index (χ0v) is 12.4. The number of nitrogens with one attached hydrogen (secondary N) is 1. The van der Waals surface area contributed by atoms with Crippen molar-refractivity contribution < 1.29 is 9.53 Å². The molecule has 0 aromatic carbocycles. The Labute approximate surface area is 125 Å². The molecule has 0 saturated carbocycles. The van der Waals surface area contributed by atoms with Gasteiger partial charge >= 0.3 is 0 Å². The summed E-state index contributed by atoms with van der Waals surface area (Å²) < 4.78 is 5.69. The number of likely N-dealkylation sites (N-methyl/N-ethyl adjacent to an activating group) is 1. The Morgan fingerprint density at radius 3 is 3.14 bits per heavy atom. The number of pyridine rings is 1. The summed E-state index contributed by atoms with van der Waals surface area (Å²) in [7, 11) is 2.12. The fourth-order valence-corrected chi connectivity index (χ4v) is 3.01. The predicted octanol–water partition coefficient (Wildman–Crippen LogP) is 0.283. The van der Waals surface area contributed by atoms with Crippen LogP contribution in [0.1, 0.15) is 0 Å². The highest BCUT2D eigenvalue weighted by atomic mass is 16.5. The minimum Gasteiger partial charge on any atom is -0.379 e. The highest BCUT2D eigenvalue weighted by Crippen LogP contribution is 2.18. The first kappa shape index (κ1) is 14.3. The summed E-state index contributed by atoms with van der Waals surface area (Å²) in [6.45, 7) is 4.32. The van der Waals surface area contributed by atoms with Crippen molar-refractivity contribution in [2.75, 3.05) is 51.8 Å². The van der Waals surface area contributed by atoms with Crippen molar-refractivity contribution in [3.8, 4) is 0 Å². The average molecular weight is 290 g/mol. The number of hydrogen-bond donors (Lipinski definition) is 1. The Bertz CT molecular complexity index is 482. The average Bonchev–Trinajstić information content (AvgIpc) is 2.74. The van der Waals surface area contributed by atoms with Crippen LogP contribution in [0, 0.1) is 5.92 Å². The highest BCUT2D eigenvalue weighted by Gasteiger charge is 2.33. The van der Waals surface area contributed by atoms with Gasteiger partial charge in [-0.15, -0.1) is 0 Å². The minimum absolute atomic E-state index is 0.144. The van der Waals surface area contributed by atoms with E-state index in [1.807, 2.05) is 17.0 Å². The third-order valence-electron chi connectivity index (χ3n) is 4.20. The molecular weight excluding hydrogens is 268 g/mol. The van der Waals surface area contributed by atoms with Gasteiger partial charge in [0.25, 0.3) is 0 Å². The monoisotopic (exact) mass is 290 g/mol. The first-order valence-corrected chi connectivity index (χ1v) is 7.42. The number of anilines is 1. The van der Waals surface area contributed by atoms with Crippen LogP contribution in [0.15, 0.2) is 24.5 Å². The summed E-state index contributed by atoms with van der Waals surface area (Å²) in [5, 5.41) is 3.14. The number of rotatable bonds is 3. The molecule has 1 amide bonds. The van der Waals surface area contributed by atoms with Gasteiger partial charge in [0.2, 0.25) is 5.91 Å². The first-order chi connectivity index (χ1) is 10.2. The molecule has 1 N–H and O–H groups in total. The van der Waals surface area contributed by atoms with Gasteiger partial charge in [0.1, 0.15) is 0 Å². The van der Waals surface area contributed by atoms with Crippen LogP contribution in [0.2, 0.25) is 0 Å². The Balaban J connectivity index is 1.59. The Morgan fingerprint density at radius 2 is 2.33 bits per heavy atom. The number of carbonyl (C=O) groups excluding carboxylic acids is 1. The van der Waals surface area contributed by atoms with Gasteiger partial charge in [-0.05, 0) is 19.2 Å². The molecule has 2 aliphatic rings. The van der Waals surface area contributed by atoms with Crippen LogP contribution in [-0.4, -0.2) is 73.2 Å². The SMILES string of the molecule is CN1C[C@H]2COC[C@@H]1CN(C(=O)CNc1cccnc1)C2. The summed E-state index contributed by atoms with van der Waals surface area (Å²) in [6.07, 6.45) is 3.45. The Morgan fingerprint density at radius 1 is 1.43 bits per heavy atom. The number of fused-ring (bicyclic) bond motifs is 3. The Hall–Kier alpha value is -1.66. The van der Waals surface area contributed by atoms with Crippen molar-refractivity contribution in [1.29, 1.82) is 0 Å². The predicted molar refractivity (Wildman–Crippen MR) is 80.0 cm³/mol. The molecule has 2 aliphatic heterocycles. The number of nitrogens with zero attached hydrogens (tertiary/aromatic N) is 3. The molecule has 1 aromatic rings. The van der Waals surface area contributed by atoms with E-state index in [4.69, 9.17) is 4.74 Å². The molecule has 1 aromatic heterocycles. The molecule has 0 spiro atoms. The third kappa shape index (κ3) is 3.51. The van der Waals surface area contributed by atoms with Crippen LogP contribution in [0.3, 0.4) is 0 Å². The highest BCUT2D eigenvalue weighted by molar-refractivity contribution is 5.80. The summed E-state index contributed by atoms with van der Waals surface area (Å²) in [5.41, 5.74) is 0.876. The van der Waals surface area contributed by atoms with E-state index in [9.17, 15) is 4.79 Å². The molecule has 2 bridgehead atoms. The summed E-state index contributed by atoms with van der Waals surface area (Å²) in [6, 6.07) is 4.08. The lowest BCUT2D eigenvalue weighted by Gasteiger charge is -2.30. The molecule has 0 aliphatic carbocycles. The molecule has 21 heavy (non-hydrogen) atoms. The van der Waals surface area contributed by atoms with Gasteiger partial charge in [-0.3, -0.25) is 14.7 Å². The van der Waals surface area contributed by atoms with E-state index in [-0.39, 0.29) is 5.91 Å². The zero-order chi connectivity index (χ0) is 14.7. The van der Waals surface area contributed by atoms with Crippen LogP contribution in [0.4, 0.5) is 5.69 Å². The lowest BCUT2D eigenvalue weighted by Crippen LogP contribution is -2.46. The molecule has 2 atom stereocenters. The van der Waals surface area contributed by atoms with Crippen molar-refractivity contribution >= 4 is 11.6 Å². The standard InChI is InChI=1S/C15H22N4O2/c1-18-7-12-8-19(9-14(18)11-21-10-12)15(20)6-17-13-3-2-4-16-5-13/h2-5,12,14,17H,6-11H2,1H3/t12-,14+/m1/s1. The van der Waals surface area contributed by atoms with Crippen molar-refractivity contribution in [3.63, 3.8) is 0 Å². The number of amides is 1. The van der Waals surface area contributed by atoms with Gasteiger partial charge < -0.3 is 15.0 Å². The van der Waals surface area contributed by atoms with E-state index >= 15 is 0 Å². The van der Waals surface area contributed by atoms with Crippen LogP contribution in [0.5, 0.6) is 0 Å². The van der Waals surface area contributed by atoms with Crippen LogP contribution < -0.4 is 5.32 Å². The van der Waals surface area contributed by atoms with Gasteiger partial charge in [0.15, 0.2) is 0 Å². The molecule has 2 fully saturated rings. The van der Waals surface area contributed by atoms with Crippen LogP contribution in [0.25, 0.3) is 0 Å². The largest absolute Gasteiger partial charge is 0.379 e. The van der Waals surface area contributed by atoms with Crippen molar-refractivity contribution in [2.24, 2.45) is 5.92 Å². The summed E-state index contributed by atoms with van der Waals surface area (Å²) in [4.78, 5) is 20.8. The number of carbonyl (C=O) groups is 1. The maximum absolute atomic E-state index is 12.4. The number of aromatic nitrogens is 1. The molecule has 114 valence electrons. The van der Waals surface area contributed by atoms with E-state index in [1.54, 1.807) is 12.4 Å². The van der Waals surface area contributed by atoms with Gasteiger partial charge in [0.05, 0.1) is 31.5 Å². The molecular formula is C15H22N4O2. The van der Waals surface area contributed by atoms with Gasteiger partial charge in [-0.25, -0.2) is 0 Å². The van der Waals surface area contributed by atoms with Crippen LogP contribution in [-0.2, 0) is 9.53 Å². The zero-order valence-electron chi connectivity index (χ0n) is 12.4. The van der Waals surface area contributed by atoms with Crippen molar-refractivity contribution in [1.82, 2.24) is 14.8 Å². The molecule has 2 saturated heterocycles. The second-order valence-electron chi connectivity index (χ2n) is 5.89. The molecule has 0 radical (unpaired) electrons. The minimum atomic E-state index is 0.144. The molecule has 6 heteroatoms. The smallest absolute Gasteiger partial charge is 0.241 e. The molecule has 3 heterocycles. The van der Waals surface area contributed by atoms with Crippen molar-refractivity contribution in [3.05, 3.63) is 24.5 Å². The Kier molecular flexibility index (Phi) is 4.36. The summed E-state index contributed by atoms with van der Waals surface area (Å²) in [5.74, 6) is 0.552. The second kappa shape index (κ2) is 6.41. The van der Waals surface area contributed by atoms with Gasteiger partial charge in [-0.1, -0.05) is 0 Å².